The molecule has 2 aromatic heterocycles. The molecule has 2 rings (SSSR count). The number of nitrogens with zero attached hydrogens (tertiary/aromatic N) is 4. The first-order chi connectivity index (χ1) is 9.83. The number of pyridine rings is 1. The average molecular weight is 271 g/mol. The summed E-state index contributed by atoms with van der Waals surface area (Å²) in [7, 11) is 0. The van der Waals surface area contributed by atoms with E-state index in [0.717, 1.165) is 37.6 Å². The Morgan fingerprint density at radius 1 is 1.10 bits per heavy atom. The molecule has 0 spiro atoms. The van der Waals surface area contributed by atoms with Gasteiger partial charge in [0.2, 0.25) is 5.95 Å². The highest BCUT2D eigenvalue weighted by molar-refractivity contribution is 5.42. The van der Waals surface area contributed by atoms with E-state index in [1.54, 1.807) is 6.20 Å². The third kappa shape index (κ3) is 3.91. The highest BCUT2D eigenvalue weighted by Gasteiger charge is 2.08. The zero-order chi connectivity index (χ0) is 14.2. The summed E-state index contributed by atoms with van der Waals surface area (Å²) in [6, 6.07) is 7.89. The minimum atomic E-state index is 0.684. The zero-order valence-corrected chi connectivity index (χ0v) is 12.1. The van der Waals surface area contributed by atoms with Crippen LogP contribution in [0.15, 0.2) is 36.7 Å². The summed E-state index contributed by atoms with van der Waals surface area (Å²) in [4.78, 5) is 15.3. The summed E-state index contributed by atoms with van der Waals surface area (Å²) < 4.78 is 0. The topological polar surface area (TPSA) is 53.9 Å². The lowest BCUT2D eigenvalue weighted by molar-refractivity contribution is 0.790. The molecule has 0 bridgehead atoms. The molecule has 5 nitrogen and oxygen atoms in total. The van der Waals surface area contributed by atoms with Crippen LogP contribution in [0.4, 0.5) is 11.8 Å². The lowest BCUT2D eigenvalue weighted by atomic mass is 10.3. The Balaban J connectivity index is 2.10. The molecule has 0 atom stereocenters. The molecule has 1 N–H and O–H groups in total. The van der Waals surface area contributed by atoms with Crippen LogP contribution in [-0.2, 0) is 6.54 Å². The van der Waals surface area contributed by atoms with E-state index in [1.165, 1.54) is 0 Å². The molecule has 5 heteroatoms. The largest absolute Gasteiger partial charge is 0.354 e. The molecule has 0 aliphatic rings. The van der Waals surface area contributed by atoms with Gasteiger partial charge in [-0.1, -0.05) is 13.0 Å². The smallest absolute Gasteiger partial charge is 0.224 e. The van der Waals surface area contributed by atoms with E-state index < -0.39 is 0 Å². The Morgan fingerprint density at radius 3 is 2.70 bits per heavy atom. The maximum atomic E-state index is 4.55. The molecule has 0 unspecified atom stereocenters. The first-order valence-electron chi connectivity index (χ1n) is 7.05. The molecular weight excluding hydrogens is 250 g/mol. The van der Waals surface area contributed by atoms with Gasteiger partial charge in [-0.05, 0) is 31.5 Å². The summed E-state index contributed by atoms with van der Waals surface area (Å²) in [5.74, 6) is 1.61. The lowest BCUT2D eigenvalue weighted by Crippen LogP contribution is -2.24. The number of anilines is 2. The molecule has 106 valence electrons. The number of rotatable bonds is 7. The molecular formula is C15H21N5. The molecule has 0 aliphatic carbocycles. The van der Waals surface area contributed by atoms with Crippen LogP contribution in [0.2, 0.25) is 0 Å². The summed E-state index contributed by atoms with van der Waals surface area (Å²) in [5.41, 5.74) is 1.04. The number of hydrogen-bond acceptors (Lipinski definition) is 5. The van der Waals surface area contributed by atoms with Crippen molar-refractivity contribution in [3.8, 4) is 0 Å². The van der Waals surface area contributed by atoms with Gasteiger partial charge in [-0.3, -0.25) is 4.98 Å². The van der Waals surface area contributed by atoms with Gasteiger partial charge in [-0.2, -0.15) is 4.98 Å². The molecule has 0 aromatic carbocycles. The van der Waals surface area contributed by atoms with E-state index in [4.69, 9.17) is 0 Å². The molecule has 2 aromatic rings. The van der Waals surface area contributed by atoms with Crippen LogP contribution in [0.1, 0.15) is 26.0 Å². The monoisotopic (exact) mass is 271 g/mol. The third-order valence-corrected chi connectivity index (χ3v) is 2.96. The van der Waals surface area contributed by atoms with Gasteiger partial charge >= 0.3 is 0 Å². The lowest BCUT2D eigenvalue weighted by Gasteiger charge is -2.21. The van der Waals surface area contributed by atoms with Crippen LogP contribution < -0.4 is 10.2 Å². The molecule has 0 amide bonds. The predicted octanol–water partition coefficient (Wildman–Crippen LogP) is 2.72. The average Bonchev–Trinajstić information content (AvgIpc) is 2.52. The minimum absolute atomic E-state index is 0.684. The van der Waals surface area contributed by atoms with Gasteiger partial charge in [0, 0.05) is 25.5 Å². The summed E-state index contributed by atoms with van der Waals surface area (Å²) >= 11 is 0. The van der Waals surface area contributed by atoms with Crippen LogP contribution in [0.3, 0.4) is 0 Å². The molecule has 0 saturated carbocycles. The van der Waals surface area contributed by atoms with E-state index in [0.29, 0.717) is 5.95 Å². The highest BCUT2D eigenvalue weighted by atomic mass is 15.2. The molecule has 2 heterocycles. The Kier molecular flexibility index (Phi) is 5.29. The van der Waals surface area contributed by atoms with Crippen LogP contribution in [0.5, 0.6) is 0 Å². The second-order valence-electron chi connectivity index (χ2n) is 4.50. The van der Waals surface area contributed by atoms with Gasteiger partial charge in [0.15, 0.2) is 0 Å². The van der Waals surface area contributed by atoms with Crippen molar-refractivity contribution >= 4 is 11.8 Å². The highest BCUT2D eigenvalue weighted by Crippen LogP contribution is 2.14. The fourth-order valence-corrected chi connectivity index (χ4v) is 1.89. The minimum Gasteiger partial charge on any atom is -0.354 e. The van der Waals surface area contributed by atoms with Crippen molar-refractivity contribution in [3.63, 3.8) is 0 Å². The van der Waals surface area contributed by atoms with Crippen molar-refractivity contribution in [1.29, 1.82) is 0 Å². The first-order valence-corrected chi connectivity index (χ1v) is 7.05. The second kappa shape index (κ2) is 7.43. The Morgan fingerprint density at radius 2 is 2.00 bits per heavy atom. The Labute approximate surface area is 120 Å². The SMILES string of the molecule is CCCNc1nccc(N(CC)Cc2ccccn2)n1. The van der Waals surface area contributed by atoms with E-state index in [9.17, 15) is 0 Å². The molecule has 0 fully saturated rings. The van der Waals surface area contributed by atoms with Gasteiger partial charge in [0.1, 0.15) is 5.82 Å². The Hall–Kier alpha value is -2.17. The van der Waals surface area contributed by atoms with Crippen LogP contribution in [0.25, 0.3) is 0 Å². The standard InChI is InChI=1S/C15H21N5/c1-3-9-17-15-18-11-8-14(19-15)20(4-2)12-13-7-5-6-10-16-13/h5-8,10-11H,3-4,9,12H2,1-2H3,(H,17,18,19). The van der Waals surface area contributed by atoms with E-state index in [2.05, 4.69) is 39.0 Å². The number of hydrogen-bond donors (Lipinski definition) is 1. The van der Waals surface area contributed by atoms with E-state index in [1.807, 2.05) is 30.5 Å². The number of nitrogens with one attached hydrogen (secondary N) is 1. The fraction of sp³-hybridized carbons (Fsp3) is 0.400. The van der Waals surface area contributed by atoms with E-state index >= 15 is 0 Å². The van der Waals surface area contributed by atoms with Gasteiger partial charge in [0.05, 0.1) is 12.2 Å². The van der Waals surface area contributed by atoms with Gasteiger partial charge in [0.25, 0.3) is 0 Å². The van der Waals surface area contributed by atoms with Gasteiger partial charge < -0.3 is 10.2 Å². The van der Waals surface area contributed by atoms with Gasteiger partial charge in [-0.15, -0.1) is 0 Å². The third-order valence-electron chi connectivity index (χ3n) is 2.96. The van der Waals surface area contributed by atoms with Crippen molar-refractivity contribution in [2.24, 2.45) is 0 Å². The maximum absolute atomic E-state index is 4.55. The van der Waals surface area contributed by atoms with Crippen molar-refractivity contribution in [3.05, 3.63) is 42.4 Å². The van der Waals surface area contributed by atoms with E-state index in [-0.39, 0.29) is 0 Å². The first kappa shape index (κ1) is 14.2. The van der Waals surface area contributed by atoms with Gasteiger partial charge in [-0.25, -0.2) is 4.98 Å². The summed E-state index contributed by atoms with van der Waals surface area (Å²) in [6.45, 7) is 6.75. The summed E-state index contributed by atoms with van der Waals surface area (Å²) in [5, 5.41) is 3.21. The summed E-state index contributed by atoms with van der Waals surface area (Å²) in [6.07, 6.45) is 4.66. The molecule has 20 heavy (non-hydrogen) atoms. The molecule has 0 aliphatic heterocycles. The van der Waals surface area contributed by atoms with Crippen LogP contribution in [0, 0.1) is 0 Å². The zero-order valence-electron chi connectivity index (χ0n) is 12.1. The van der Waals surface area contributed by atoms with Crippen molar-refractivity contribution < 1.29 is 0 Å². The fourth-order valence-electron chi connectivity index (χ4n) is 1.89. The van der Waals surface area contributed by atoms with Crippen molar-refractivity contribution in [2.45, 2.75) is 26.8 Å². The van der Waals surface area contributed by atoms with Crippen molar-refractivity contribution in [2.75, 3.05) is 23.3 Å². The normalized spacial score (nSPS) is 10.3. The molecule has 0 saturated heterocycles. The van der Waals surface area contributed by atoms with Crippen molar-refractivity contribution in [1.82, 2.24) is 15.0 Å². The Bertz CT molecular complexity index is 515. The number of aromatic nitrogens is 3. The molecule has 0 radical (unpaired) electrons. The second-order valence-corrected chi connectivity index (χ2v) is 4.50. The maximum Gasteiger partial charge on any atom is 0.224 e. The predicted molar refractivity (Wildman–Crippen MR) is 81.8 cm³/mol. The van der Waals surface area contributed by atoms with Crippen LogP contribution in [-0.4, -0.2) is 28.0 Å². The van der Waals surface area contributed by atoms with Crippen LogP contribution >= 0.6 is 0 Å². The quantitative estimate of drug-likeness (QED) is 0.839.